The Morgan fingerprint density at radius 3 is 2.32 bits per heavy atom. The van der Waals surface area contributed by atoms with E-state index in [2.05, 4.69) is 0 Å². The van der Waals surface area contributed by atoms with Crippen molar-refractivity contribution in [1.82, 2.24) is 4.90 Å². The van der Waals surface area contributed by atoms with Gasteiger partial charge in [0.2, 0.25) is 5.75 Å². The molecule has 0 aromatic heterocycles. The number of halogens is 1. The predicted molar refractivity (Wildman–Crippen MR) is 95.4 cm³/mol. The SMILES string of the molecule is COc1cc(C(=O)N2CCC(CCF)(C(=O)O)C2)cc(OC)c1OCC(N)=O. The van der Waals surface area contributed by atoms with Gasteiger partial charge in [-0.3, -0.25) is 18.8 Å². The maximum atomic E-state index is 12.9. The highest BCUT2D eigenvalue weighted by Gasteiger charge is 2.46. The highest BCUT2D eigenvalue weighted by molar-refractivity contribution is 5.96. The zero-order valence-electron chi connectivity index (χ0n) is 15.7. The van der Waals surface area contributed by atoms with E-state index in [1.165, 1.54) is 31.3 Å². The topological polar surface area (TPSA) is 128 Å². The molecular weight excluding hydrogens is 375 g/mol. The van der Waals surface area contributed by atoms with Gasteiger partial charge in [-0.15, -0.1) is 0 Å². The second-order valence-electron chi connectivity index (χ2n) is 6.47. The van der Waals surface area contributed by atoms with Gasteiger partial charge in [-0.1, -0.05) is 0 Å². The monoisotopic (exact) mass is 398 g/mol. The number of benzene rings is 1. The molecule has 1 atom stereocenters. The van der Waals surface area contributed by atoms with Crippen molar-refractivity contribution in [3.05, 3.63) is 17.7 Å². The van der Waals surface area contributed by atoms with Gasteiger partial charge >= 0.3 is 5.97 Å². The summed E-state index contributed by atoms with van der Waals surface area (Å²) in [6, 6.07) is 2.80. The van der Waals surface area contributed by atoms with Gasteiger partial charge < -0.3 is 30.0 Å². The largest absolute Gasteiger partial charge is 0.493 e. The maximum Gasteiger partial charge on any atom is 0.311 e. The van der Waals surface area contributed by atoms with E-state index in [9.17, 15) is 23.9 Å². The van der Waals surface area contributed by atoms with Gasteiger partial charge in [0, 0.05) is 18.7 Å². The molecular formula is C18H23FN2O7. The van der Waals surface area contributed by atoms with Crippen molar-refractivity contribution < 1.29 is 38.1 Å². The van der Waals surface area contributed by atoms with E-state index in [4.69, 9.17) is 19.9 Å². The van der Waals surface area contributed by atoms with E-state index in [0.29, 0.717) is 0 Å². The molecule has 2 amide bonds. The molecule has 154 valence electrons. The van der Waals surface area contributed by atoms with Gasteiger partial charge in [0.05, 0.1) is 26.3 Å². The van der Waals surface area contributed by atoms with Crippen LogP contribution in [0.25, 0.3) is 0 Å². The number of aliphatic carboxylic acids is 1. The molecule has 9 nitrogen and oxygen atoms in total. The molecule has 1 heterocycles. The number of hydrogen-bond acceptors (Lipinski definition) is 6. The lowest BCUT2D eigenvalue weighted by atomic mass is 9.84. The Morgan fingerprint density at radius 2 is 1.86 bits per heavy atom. The Bertz CT molecular complexity index is 745. The average molecular weight is 398 g/mol. The number of methoxy groups -OCH3 is 2. The number of primary amides is 1. The van der Waals surface area contributed by atoms with Crippen molar-refractivity contribution in [1.29, 1.82) is 0 Å². The van der Waals surface area contributed by atoms with Crippen molar-refractivity contribution in [2.75, 3.05) is 40.6 Å². The molecule has 1 unspecified atom stereocenters. The Morgan fingerprint density at radius 1 is 1.25 bits per heavy atom. The molecule has 3 N–H and O–H groups in total. The number of carbonyl (C=O) groups is 3. The fourth-order valence-electron chi connectivity index (χ4n) is 3.18. The Labute approximate surface area is 161 Å². The Balaban J connectivity index is 2.31. The molecule has 1 aliphatic heterocycles. The number of alkyl halides is 1. The summed E-state index contributed by atoms with van der Waals surface area (Å²) in [5, 5.41) is 9.47. The first-order valence-corrected chi connectivity index (χ1v) is 8.53. The van der Waals surface area contributed by atoms with Gasteiger partial charge in [0.15, 0.2) is 18.1 Å². The summed E-state index contributed by atoms with van der Waals surface area (Å²) in [4.78, 5) is 36.8. The number of likely N-dealkylation sites (tertiary alicyclic amines) is 1. The minimum atomic E-state index is -1.29. The molecule has 2 rings (SSSR count). The Hall–Kier alpha value is -3.04. The minimum Gasteiger partial charge on any atom is -0.493 e. The van der Waals surface area contributed by atoms with Crippen molar-refractivity contribution in [2.45, 2.75) is 12.8 Å². The predicted octanol–water partition coefficient (Wildman–Crippen LogP) is 0.844. The highest BCUT2D eigenvalue weighted by atomic mass is 19.1. The molecule has 10 heteroatoms. The van der Waals surface area contributed by atoms with Crippen LogP contribution in [0.1, 0.15) is 23.2 Å². The van der Waals surface area contributed by atoms with Crippen molar-refractivity contribution in [3.8, 4) is 17.2 Å². The molecule has 0 bridgehead atoms. The lowest BCUT2D eigenvalue weighted by Crippen LogP contribution is -2.37. The summed E-state index contributed by atoms with van der Waals surface area (Å²) >= 11 is 0. The van der Waals surface area contributed by atoms with Crippen molar-refractivity contribution in [3.63, 3.8) is 0 Å². The number of carboxylic acids is 1. The van der Waals surface area contributed by atoms with Crippen LogP contribution in [0.4, 0.5) is 4.39 Å². The molecule has 1 aliphatic rings. The summed E-state index contributed by atoms with van der Waals surface area (Å²) in [5.74, 6) is -1.85. The normalized spacial score (nSPS) is 18.6. The number of amides is 2. The molecule has 1 aromatic carbocycles. The van der Waals surface area contributed by atoms with Gasteiger partial charge in [-0.05, 0) is 25.0 Å². The van der Waals surface area contributed by atoms with Crippen LogP contribution in [-0.2, 0) is 9.59 Å². The summed E-state index contributed by atoms with van der Waals surface area (Å²) in [6.07, 6.45) is 0.0186. The van der Waals surface area contributed by atoms with Crippen LogP contribution >= 0.6 is 0 Å². The standard InChI is InChI=1S/C18H23FN2O7/c1-26-12-7-11(8-13(27-2)15(12)28-9-14(20)22)16(23)21-6-4-18(10-21,3-5-19)17(24)25/h7-8H,3-6,9-10H2,1-2H3,(H2,20,22)(H,24,25). The molecule has 0 radical (unpaired) electrons. The highest BCUT2D eigenvalue weighted by Crippen LogP contribution is 2.40. The molecule has 1 saturated heterocycles. The van der Waals surface area contributed by atoms with Gasteiger partial charge in [-0.2, -0.15) is 0 Å². The minimum absolute atomic E-state index is 0.0877. The van der Waals surface area contributed by atoms with Gasteiger partial charge in [0.25, 0.3) is 11.8 Å². The van der Waals surface area contributed by atoms with Crippen molar-refractivity contribution in [2.24, 2.45) is 11.1 Å². The van der Waals surface area contributed by atoms with Gasteiger partial charge in [-0.25, -0.2) is 0 Å². The number of ether oxygens (including phenoxy) is 3. The number of rotatable bonds is 9. The zero-order chi connectivity index (χ0) is 20.9. The molecule has 0 saturated carbocycles. The van der Waals surface area contributed by atoms with E-state index in [-0.39, 0.29) is 48.7 Å². The molecule has 0 spiro atoms. The summed E-state index contributed by atoms with van der Waals surface area (Å²) in [6.45, 7) is -1.08. The van der Waals surface area contributed by atoms with Crippen LogP contribution in [0.2, 0.25) is 0 Å². The number of carboxylic acid groups (broad SMARTS) is 1. The summed E-state index contributed by atoms with van der Waals surface area (Å²) < 4.78 is 28.6. The van der Waals surface area contributed by atoms with Crippen LogP contribution in [0.15, 0.2) is 12.1 Å². The second-order valence-corrected chi connectivity index (χ2v) is 6.47. The fraction of sp³-hybridized carbons (Fsp3) is 0.500. The zero-order valence-corrected chi connectivity index (χ0v) is 15.7. The number of carbonyl (C=O) groups excluding carboxylic acids is 2. The smallest absolute Gasteiger partial charge is 0.311 e. The third-order valence-corrected chi connectivity index (χ3v) is 4.73. The van der Waals surface area contributed by atoms with Crippen LogP contribution in [0, 0.1) is 5.41 Å². The first-order valence-electron chi connectivity index (χ1n) is 8.53. The lowest BCUT2D eigenvalue weighted by Gasteiger charge is -2.24. The summed E-state index contributed by atoms with van der Waals surface area (Å²) in [5.41, 5.74) is 3.97. The quantitative estimate of drug-likeness (QED) is 0.631. The lowest BCUT2D eigenvalue weighted by molar-refractivity contribution is -0.148. The van der Waals surface area contributed by atoms with E-state index >= 15 is 0 Å². The first kappa shape index (κ1) is 21.3. The maximum absolute atomic E-state index is 12.9. The van der Waals surface area contributed by atoms with E-state index < -0.39 is 36.5 Å². The third-order valence-electron chi connectivity index (χ3n) is 4.73. The molecule has 28 heavy (non-hydrogen) atoms. The third kappa shape index (κ3) is 4.26. The van der Waals surface area contributed by atoms with Crippen LogP contribution in [0.5, 0.6) is 17.2 Å². The van der Waals surface area contributed by atoms with E-state index in [0.717, 1.165) is 0 Å². The fourth-order valence-corrected chi connectivity index (χ4v) is 3.18. The average Bonchev–Trinajstić information content (AvgIpc) is 3.10. The number of nitrogens with zero attached hydrogens (tertiary/aromatic N) is 1. The molecule has 1 fully saturated rings. The van der Waals surface area contributed by atoms with Crippen LogP contribution < -0.4 is 19.9 Å². The van der Waals surface area contributed by atoms with Crippen molar-refractivity contribution >= 4 is 17.8 Å². The van der Waals surface area contributed by atoms with E-state index in [1.807, 2.05) is 0 Å². The van der Waals surface area contributed by atoms with Gasteiger partial charge in [0.1, 0.15) is 0 Å². The molecule has 0 aliphatic carbocycles. The molecule has 1 aromatic rings. The Kier molecular flexibility index (Phi) is 6.66. The number of nitrogens with two attached hydrogens (primary N) is 1. The van der Waals surface area contributed by atoms with E-state index in [1.54, 1.807) is 0 Å². The second kappa shape index (κ2) is 8.77. The van der Waals surface area contributed by atoms with Crippen LogP contribution in [0.3, 0.4) is 0 Å². The summed E-state index contributed by atoms with van der Waals surface area (Å²) in [7, 11) is 2.71. The van der Waals surface area contributed by atoms with Crippen LogP contribution in [-0.4, -0.2) is 68.4 Å². The number of hydrogen-bond donors (Lipinski definition) is 2. The first-order chi connectivity index (χ1) is 13.3.